The Kier molecular flexibility index (Phi) is 5.52. The molecule has 3 aromatic rings. The first-order chi connectivity index (χ1) is 14.3. The van der Waals surface area contributed by atoms with Gasteiger partial charge in [0, 0.05) is 25.0 Å². The first-order valence-electron chi connectivity index (χ1n) is 9.30. The van der Waals surface area contributed by atoms with Crippen LogP contribution in [0.2, 0.25) is 0 Å². The van der Waals surface area contributed by atoms with E-state index in [1.54, 1.807) is 18.2 Å². The van der Waals surface area contributed by atoms with Crippen LogP contribution in [0.25, 0.3) is 10.2 Å². The van der Waals surface area contributed by atoms with E-state index in [0.717, 1.165) is 29.0 Å². The molecule has 0 unspecified atom stereocenters. The number of sulfone groups is 1. The molecule has 1 aliphatic heterocycles. The van der Waals surface area contributed by atoms with Crippen molar-refractivity contribution in [2.45, 2.75) is 17.7 Å². The molecule has 8 nitrogen and oxygen atoms in total. The van der Waals surface area contributed by atoms with Gasteiger partial charge in [0.25, 0.3) is 0 Å². The quantitative estimate of drug-likeness (QED) is 0.420. The SMILES string of the molecule is COC(=O)CCN1CCc2cc(N=Nc3nc4ccc(S(C)(=O)=O)cc4s3)ccc21. The highest BCUT2D eigenvalue weighted by Crippen LogP contribution is 2.34. The maximum atomic E-state index is 11.7. The number of benzene rings is 2. The Bertz CT molecular complexity index is 1250. The maximum Gasteiger partial charge on any atom is 0.307 e. The Morgan fingerprint density at radius 3 is 2.83 bits per heavy atom. The van der Waals surface area contributed by atoms with Crippen LogP contribution in [0.1, 0.15) is 12.0 Å². The molecule has 0 radical (unpaired) electrons. The summed E-state index contributed by atoms with van der Waals surface area (Å²) in [7, 11) is -1.87. The number of carbonyl (C=O) groups is 1. The molecule has 0 aliphatic carbocycles. The van der Waals surface area contributed by atoms with Crippen molar-refractivity contribution in [3.05, 3.63) is 42.0 Å². The van der Waals surface area contributed by atoms with Crippen molar-refractivity contribution in [2.75, 3.05) is 31.4 Å². The van der Waals surface area contributed by atoms with E-state index in [2.05, 4.69) is 20.1 Å². The minimum absolute atomic E-state index is 0.214. The van der Waals surface area contributed by atoms with Crippen molar-refractivity contribution in [2.24, 2.45) is 10.2 Å². The van der Waals surface area contributed by atoms with E-state index >= 15 is 0 Å². The highest BCUT2D eigenvalue weighted by atomic mass is 32.2. The molecule has 156 valence electrons. The lowest BCUT2D eigenvalue weighted by Gasteiger charge is -2.18. The summed E-state index contributed by atoms with van der Waals surface area (Å²) in [5, 5.41) is 8.99. The van der Waals surface area contributed by atoms with E-state index in [0.29, 0.717) is 23.6 Å². The van der Waals surface area contributed by atoms with Crippen LogP contribution in [-0.4, -0.2) is 45.8 Å². The van der Waals surface area contributed by atoms with Crippen LogP contribution in [0.3, 0.4) is 0 Å². The summed E-state index contributed by atoms with van der Waals surface area (Å²) in [4.78, 5) is 18.2. The summed E-state index contributed by atoms with van der Waals surface area (Å²) in [5.41, 5.74) is 3.68. The molecule has 1 aromatic heterocycles. The average molecular weight is 445 g/mol. The van der Waals surface area contributed by atoms with Crippen LogP contribution in [0.15, 0.2) is 51.5 Å². The van der Waals surface area contributed by atoms with Gasteiger partial charge in [-0.1, -0.05) is 11.3 Å². The van der Waals surface area contributed by atoms with Gasteiger partial charge in [-0.3, -0.25) is 4.79 Å². The topological polar surface area (TPSA) is 101 Å². The molecule has 0 bridgehead atoms. The lowest BCUT2D eigenvalue weighted by Crippen LogP contribution is -2.24. The molecule has 0 fully saturated rings. The largest absolute Gasteiger partial charge is 0.469 e. The minimum atomic E-state index is -3.27. The number of rotatable bonds is 6. The smallest absolute Gasteiger partial charge is 0.307 e. The molecule has 1 aliphatic rings. The second-order valence-corrected chi connectivity index (χ2v) is 10.00. The number of hydrogen-bond donors (Lipinski definition) is 0. The standard InChI is InChI=1S/C20H20N4O4S2/c1-28-19(25)8-10-24-9-7-13-11-14(3-6-17(13)24)22-23-20-21-16-5-4-15(30(2,26)27)12-18(16)29-20/h3-6,11-12H,7-10H2,1-2H3. The molecule has 0 saturated carbocycles. The van der Waals surface area contributed by atoms with Crippen molar-refractivity contribution >= 4 is 53.9 Å². The van der Waals surface area contributed by atoms with Crippen LogP contribution >= 0.6 is 11.3 Å². The molecule has 0 N–H and O–H groups in total. The second kappa shape index (κ2) is 8.11. The van der Waals surface area contributed by atoms with Gasteiger partial charge in [0.2, 0.25) is 5.13 Å². The molecule has 2 heterocycles. The van der Waals surface area contributed by atoms with Gasteiger partial charge >= 0.3 is 5.97 Å². The summed E-state index contributed by atoms with van der Waals surface area (Å²) in [6.45, 7) is 1.48. The third-order valence-electron chi connectivity index (χ3n) is 4.90. The van der Waals surface area contributed by atoms with Crippen LogP contribution in [0.4, 0.5) is 16.5 Å². The Labute approximate surface area is 178 Å². The molecular weight excluding hydrogens is 424 g/mol. The lowest BCUT2D eigenvalue weighted by molar-refractivity contribution is -0.140. The van der Waals surface area contributed by atoms with Gasteiger partial charge in [-0.25, -0.2) is 13.4 Å². The summed E-state index contributed by atoms with van der Waals surface area (Å²) >= 11 is 1.30. The molecule has 0 atom stereocenters. The van der Waals surface area contributed by atoms with Crippen LogP contribution < -0.4 is 4.90 Å². The van der Waals surface area contributed by atoms with E-state index in [9.17, 15) is 13.2 Å². The molecule has 2 aromatic carbocycles. The number of aromatic nitrogens is 1. The number of thiazole rings is 1. The predicted molar refractivity (Wildman–Crippen MR) is 116 cm³/mol. The van der Waals surface area contributed by atoms with Gasteiger partial charge in [0.15, 0.2) is 9.84 Å². The molecule has 0 saturated heterocycles. The summed E-state index contributed by atoms with van der Waals surface area (Å²) in [5.74, 6) is -0.214. The predicted octanol–water partition coefficient (Wildman–Crippen LogP) is 4.04. The number of azo groups is 1. The molecular formula is C20H20N4O4S2. The molecule has 4 rings (SSSR count). The van der Waals surface area contributed by atoms with Crippen LogP contribution in [-0.2, 0) is 25.8 Å². The number of nitrogens with zero attached hydrogens (tertiary/aromatic N) is 4. The van der Waals surface area contributed by atoms with Gasteiger partial charge in [-0.15, -0.1) is 10.2 Å². The van der Waals surface area contributed by atoms with Crippen molar-refractivity contribution < 1.29 is 17.9 Å². The summed E-state index contributed by atoms with van der Waals surface area (Å²) < 4.78 is 28.9. The number of anilines is 1. The lowest BCUT2D eigenvalue weighted by atomic mass is 10.1. The average Bonchev–Trinajstić information content (AvgIpc) is 3.32. The van der Waals surface area contributed by atoms with E-state index in [4.69, 9.17) is 4.74 Å². The number of hydrogen-bond acceptors (Lipinski definition) is 9. The molecule has 30 heavy (non-hydrogen) atoms. The zero-order valence-electron chi connectivity index (χ0n) is 16.5. The van der Waals surface area contributed by atoms with Crippen molar-refractivity contribution in [3.8, 4) is 0 Å². The minimum Gasteiger partial charge on any atom is -0.469 e. The zero-order chi connectivity index (χ0) is 21.3. The fourth-order valence-corrected chi connectivity index (χ4v) is 4.89. The number of carbonyl (C=O) groups excluding carboxylic acids is 1. The normalized spacial score (nSPS) is 13.9. The highest BCUT2D eigenvalue weighted by molar-refractivity contribution is 7.90. The fourth-order valence-electron chi connectivity index (χ4n) is 3.35. The second-order valence-electron chi connectivity index (χ2n) is 6.97. The Balaban J connectivity index is 1.50. The van der Waals surface area contributed by atoms with Gasteiger partial charge < -0.3 is 9.64 Å². The number of esters is 1. The van der Waals surface area contributed by atoms with E-state index in [-0.39, 0.29) is 10.9 Å². The van der Waals surface area contributed by atoms with E-state index < -0.39 is 9.84 Å². The molecule has 10 heteroatoms. The van der Waals surface area contributed by atoms with Gasteiger partial charge in [-0.05, 0) is 48.4 Å². The van der Waals surface area contributed by atoms with Crippen LogP contribution in [0, 0.1) is 0 Å². The Morgan fingerprint density at radius 2 is 2.07 bits per heavy atom. The third-order valence-corrected chi connectivity index (χ3v) is 6.91. The Morgan fingerprint density at radius 1 is 1.23 bits per heavy atom. The van der Waals surface area contributed by atoms with E-state index in [1.165, 1.54) is 30.3 Å². The van der Waals surface area contributed by atoms with Gasteiger partial charge in [0.05, 0.1) is 34.3 Å². The molecule has 0 spiro atoms. The maximum absolute atomic E-state index is 11.7. The molecule has 0 amide bonds. The third kappa shape index (κ3) is 4.34. The first kappa shape index (κ1) is 20.4. The van der Waals surface area contributed by atoms with Crippen molar-refractivity contribution in [3.63, 3.8) is 0 Å². The monoisotopic (exact) mass is 444 g/mol. The summed E-state index contributed by atoms with van der Waals surface area (Å²) in [6, 6.07) is 10.7. The zero-order valence-corrected chi connectivity index (χ0v) is 18.2. The van der Waals surface area contributed by atoms with Gasteiger partial charge in [0.1, 0.15) is 0 Å². The summed E-state index contributed by atoms with van der Waals surface area (Å²) in [6.07, 6.45) is 2.42. The first-order valence-corrected chi connectivity index (χ1v) is 12.0. The van der Waals surface area contributed by atoms with Crippen molar-refractivity contribution in [1.82, 2.24) is 4.98 Å². The fraction of sp³-hybridized carbons (Fsp3) is 0.300. The number of ether oxygens (including phenoxy) is 1. The van der Waals surface area contributed by atoms with E-state index in [1.807, 2.05) is 18.2 Å². The highest BCUT2D eigenvalue weighted by Gasteiger charge is 2.20. The van der Waals surface area contributed by atoms with Gasteiger partial charge in [-0.2, -0.15) is 0 Å². The van der Waals surface area contributed by atoms with Crippen molar-refractivity contribution in [1.29, 1.82) is 0 Å². The van der Waals surface area contributed by atoms with Crippen LogP contribution in [0.5, 0.6) is 0 Å². The Hall–Kier alpha value is -2.85. The number of methoxy groups -OCH3 is 1. The number of fused-ring (bicyclic) bond motifs is 2.